The van der Waals surface area contributed by atoms with Crippen LogP contribution in [0.5, 0.6) is 0 Å². The van der Waals surface area contributed by atoms with Gasteiger partial charge in [0.05, 0.1) is 0 Å². The summed E-state index contributed by atoms with van der Waals surface area (Å²) in [6.45, 7) is 0. The van der Waals surface area contributed by atoms with E-state index >= 15 is 0 Å². The van der Waals surface area contributed by atoms with Crippen molar-refractivity contribution in [3.63, 3.8) is 0 Å². The van der Waals surface area contributed by atoms with Crippen molar-refractivity contribution in [2.24, 2.45) is 5.92 Å². The normalized spacial score (nSPS) is 14.9. The minimum absolute atomic E-state index is 0.383. The lowest BCUT2D eigenvalue weighted by Crippen LogP contribution is -2.39. The van der Waals surface area contributed by atoms with Crippen molar-refractivity contribution in [2.45, 2.75) is 48.9 Å². The summed E-state index contributed by atoms with van der Waals surface area (Å²) in [5.41, 5.74) is 5.24. The molecule has 1 atom stereocenters. The van der Waals surface area contributed by atoms with Crippen molar-refractivity contribution in [1.29, 1.82) is 0 Å². The molecule has 0 saturated heterocycles. The second-order valence-corrected chi connectivity index (χ2v) is 11.1. The summed E-state index contributed by atoms with van der Waals surface area (Å²) in [4.78, 5) is 1.85. The van der Waals surface area contributed by atoms with Gasteiger partial charge in [-0.1, -0.05) is 144 Å². The summed E-state index contributed by atoms with van der Waals surface area (Å²) < 4.78 is 0. The standard InChI is InChI=1S/C34H33BrN4/c35-25-26-20-22-28(23-21-26)32(27-12-10-11-13-27)24-33-36-38-39(37-33)34(29-14-4-1-5-15-29,30-16-6-2-7-17-30)31-18-8-3-9-19-31/h1-9,14-23,27,32H,10-13,24-25H2. The minimum atomic E-state index is -0.741. The Morgan fingerprint density at radius 2 is 1.23 bits per heavy atom. The fraction of sp³-hybridized carbons (Fsp3) is 0.265. The van der Waals surface area contributed by atoms with Gasteiger partial charge >= 0.3 is 0 Å². The highest BCUT2D eigenvalue weighted by Crippen LogP contribution is 2.41. The number of rotatable bonds is 9. The highest BCUT2D eigenvalue weighted by atomic mass is 79.9. The molecule has 1 heterocycles. The number of halogens is 1. The molecular formula is C34H33BrN4. The van der Waals surface area contributed by atoms with Crippen molar-refractivity contribution >= 4 is 15.9 Å². The van der Waals surface area contributed by atoms with Crippen LogP contribution in [0.1, 0.15) is 65.2 Å². The van der Waals surface area contributed by atoms with Crippen LogP contribution >= 0.6 is 15.9 Å². The maximum absolute atomic E-state index is 5.17. The van der Waals surface area contributed by atoms with Gasteiger partial charge in [-0.05, 0) is 57.7 Å². The van der Waals surface area contributed by atoms with Crippen LogP contribution in [0.25, 0.3) is 0 Å². The number of benzene rings is 4. The summed E-state index contributed by atoms with van der Waals surface area (Å²) in [7, 11) is 0. The molecule has 196 valence electrons. The molecule has 1 unspecified atom stereocenters. The molecule has 1 aromatic heterocycles. The van der Waals surface area contributed by atoms with E-state index in [0.717, 1.165) is 34.3 Å². The molecule has 1 aliphatic carbocycles. The van der Waals surface area contributed by atoms with Gasteiger partial charge in [-0.25, -0.2) is 0 Å². The first-order valence-corrected chi connectivity index (χ1v) is 15.0. The largest absolute Gasteiger partial charge is 0.175 e. The fourth-order valence-electron chi connectivity index (χ4n) is 6.32. The van der Waals surface area contributed by atoms with E-state index in [2.05, 4.69) is 131 Å². The maximum Gasteiger partial charge on any atom is 0.175 e. The maximum atomic E-state index is 5.17. The van der Waals surface area contributed by atoms with Crippen LogP contribution in [0.3, 0.4) is 0 Å². The second-order valence-electron chi connectivity index (χ2n) is 10.5. The zero-order chi connectivity index (χ0) is 26.5. The lowest BCUT2D eigenvalue weighted by Gasteiger charge is -2.34. The molecular weight excluding hydrogens is 544 g/mol. The van der Waals surface area contributed by atoms with E-state index in [-0.39, 0.29) is 0 Å². The molecule has 0 N–H and O–H groups in total. The lowest BCUT2D eigenvalue weighted by atomic mass is 9.77. The summed E-state index contributed by atoms with van der Waals surface area (Å²) in [5, 5.41) is 15.5. The van der Waals surface area contributed by atoms with Gasteiger partial charge in [0.15, 0.2) is 11.4 Å². The molecule has 4 aromatic carbocycles. The second kappa shape index (κ2) is 11.7. The number of aromatic nitrogens is 4. The molecule has 5 heteroatoms. The summed E-state index contributed by atoms with van der Waals surface area (Å²) in [5.74, 6) is 1.83. The smallest absolute Gasteiger partial charge is 0.144 e. The van der Waals surface area contributed by atoms with Crippen LogP contribution in [-0.4, -0.2) is 20.2 Å². The predicted molar refractivity (Wildman–Crippen MR) is 160 cm³/mol. The Morgan fingerprint density at radius 3 is 1.72 bits per heavy atom. The quantitative estimate of drug-likeness (QED) is 0.132. The molecule has 0 aliphatic heterocycles. The van der Waals surface area contributed by atoms with Gasteiger partial charge in [0.25, 0.3) is 0 Å². The van der Waals surface area contributed by atoms with Crippen LogP contribution in [0.2, 0.25) is 0 Å². The third-order valence-electron chi connectivity index (χ3n) is 8.26. The molecule has 6 rings (SSSR count). The molecule has 1 aliphatic rings. The van der Waals surface area contributed by atoms with Gasteiger partial charge in [0, 0.05) is 11.8 Å². The molecule has 5 aromatic rings. The predicted octanol–water partition coefficient (Wildman–Crippen LogP) is 7.92. The number of tetrazole rings is 1. The molecule has 0 spiro atoms. The molecule has 39 heavy (non-hydrogen) atoms. The molecule has 1 fully saturated rings. The zero-order valence-electron chi connectivity index (χ0n) is 22.0. The summed E-state index contributed by atoms with van der Waals surface area (Å²) >= 11 is 3.59. The number of hydrogen-bond donors (Lipinski definition) is 0. The Morgan fingerprint density at radius 1 is 0.718 bits per heavy atom. The van der Waals surface area contributed by atoms with E-state index in [9.17, 15) is 0 Å². The highest BCUT2D eigenvalue weighted by Gasteiger charge is 2.41. The van der Waals surface area contributed by atoms with E-state index in [1.807, 2.05) is 4.80 Å². The van der Waals surface area contributed by atoms with Gasteiger partial charge in [-0.15, -0.1) is 15.0 Å². The first kappa shape index (κ1) is 25.7. The average molecular weight is 578 g/mol. The molecule has 0 radical (unpaired) electrons. The van der Waals surface area contributed by atoms with Crippen LogP contribution in [0, 0.1) is 5.92 Å². The van der Waals surface area contributed by atoms with Gasteiger partial charge in [-0.3, -0.25) is 0 Å². The third-order valence-corrected chi connectivity index (χ3v) is 8.91. The van der Waals surface area contributed by atoms with Crippen LogP contribution in [0.15, 0.2) is 115 Å². The minimum Gasteiger partial charge on any atom is -0.144 e. The Kier molecular flexibility index (Phi) is 7.69. The summed E-state index contributed by atoms with van der Waals surface area (Å²) in [6.07, 6.45) is 5.93. The SMILES string of the molecule is BrCc1ccc(C(Cc2nnn(C(c3ccccc3)(c3ccccc3)c3ccccc3)n2)C2CCCC2)cc1. The van der Waals surface area contributed by atoms with Crippen LogP contribution < -0.4 is 0 Å². The van der Waals surface area contributed by atoms with E-state index in [4.69, 9.17) is 15.4 Å². The van der Waals surface area contributed by atoms with Crippen molar-refractivity contribution in [1.82, 2.24) is 20.2 Å². The lowest BCUT2D eigenvalue weighted by molar-refractivity contribution is 0.390. The first-order valence-electron chi connectivity index (χ1n) is 13.9. The van der Waals surface area contributed by atoms with E-state index < -0.39 is 5.54 Å². The highest BCUT2D eigenvalue weighted by molar-refractivity contribution is 9.08. The number of hydrogen-bond acceptors (Lipinski definition) is 3. The molecule has 1 saturated carbocycles. The average Bonchev–Trinajstić information content (AvgIpc) is 3.72. The topological polar surface area (TPSA) is 43.6 Å². The van der Waals surface area contributed by atoms with Gasteiger partial charge in [0.2, 0.25) is 0 Å². The zero-order valence-corrected chi connectivity index (χ0v) is 23.6. The van der Waals surface area contributed by atoms with E-state index in [1.165, 1.54) is 36.8 Å². The van der Waals surface area contributed by atoms with Crippen molar-refractivity contribution in [3.8, 4) is 0 Å². The van der Waals surface area contributed by atoms with Crippen molar-refractivity contribution in [3.05, 3.63) is 149 Å². The Labute approximate surface area is 239 Å². The Bertz CT molecular complexity index is 1360. The van der Waals surface area contributed by atoms with Gasteiger partial charge in [-0.2, -0.15) is 0 Å². The third kappa shape index (κ3) is 5.08. The Balaban J connectivity index is 1.46. The van der Waals surface area contributed by atoms with Gasteiger partial charge < -0.3 is 0 Å². The van der Waals surface area contributed by atoms with Gasteiger partial charge in [0.1, 0.15) is 0 Å². The van der Waals surface area contributed by atoms with E-state index in [1.54, 1.807) is 0 Å². The summed E-state index contributed by atoms with van der Waals surface area (Å²) in [6, 6.07) is 40.7. The molecule has 4 nitrogen and oxygen atoms in total. The van der Waals surface area contributed by atoms with Crippen molar-refractivity contribution in [2.75, 3.05) is 0 Å². The monoisotopic (exact) mass is 576 g/mol. The Hall–Kier alpha value is -3.57. The van der Waals surface area contributed by atoms with E-state index in [0.29, 0.717) is 11.8 Å². The van der Waals surface area contributed by atoms with Crippen molar-refractivity contribution < 1.29 is 0 Å². The first-order chi connectivity index (χ1) is 19.3. The number of alkyl halides is 1. The molecule has 0 bridgehead atoms. The molecule has 0 amide bonds. The van der Waals surface area contributed by atoms with Crippen LogP contribution in [-0.2, 0) is 17.3 Å². The fourth-order valence-corrected chi connectivity index (χ4v) is 6.69. The van der Waals surface area contributed by atoms with Crippen LogP contribution in [0.4, 0.5) is 0 Å². The number of nitrogens with zero attached hydrogens (tertiary/aromatic N) is 4.